The van der Waals surface area contributed by atoms with Gasteiger partial charge in [-0.1, -0.05) is 59.6 Å². The number of imidazole rings is 1. The summed E-state index contributed by atoms with van der Waals surface area (Å²) in [6.45, 7) is 3.16. The molecule has 4 aromatic rings. The highest BCUT2D eigenvalue weighted by Gasteiger charge is 2.13. The van der Waals surface area contributed by atoms with Crippen molar-refractivity contribution in [2.75, 3.05) is 6.54 Å². The van der Waals surface area contributed by atoms with Gasteiger partial charge in [0, 0.05) is 23.6 Å². The highest BCUT2D eigenvalue weighted by Crippen LogP contribution is 2.22. The number of aromatic nitrogens is 2. The molecule has 146 valence electrons. The number of hydrogen-bond acceptors (Lipinski definition) is 2. The van der Waals surface area contributed by atoms with E-state index < -0.39 is 0 Å². The van der Waals surface area contributed by atoms with Crippen molar-refractivity contribution in [2.45, 2.75) is 19.9 Å². The van der Waals surface area contributed by atoms with Gasteiger partial charge in [0.25, 0.3) is 5.91 Å². The molecule has 0 aliphatic carbocycles. The van der Waals surface area contributed by atoms with Crippen molar-refractivity contribution in [1.29, 1.82) is 0 Å². The number of fused-ring (bicyclic) bond motifs is 1. The minimum absolute atomic E-state index is 0.0706. The summed E-state index contributed by atoms with van der Waals surface area (Å²) >= 11 is 6.38. The quantitative estimate of drug-likeness (QED) is 0.491. The number of benzene rings is 3. The number of carbonyl (C=O) groups is 1. The van der Waals surface area contributed by atoms with Crippen molar-refractivity contribution in [1.82, 2.24) is 14.9 Å². The van der Waals surface area contributed by atoms with Crippen molar-refractivity contribution < 1.29 is 4.79 Å². The van der Waals surface area contributed by atoms with Gasteiger partial charge in [-0.15, -0.1) is 0 Å². The maximum atomic E-state index is 12.4. The van der Waals surface area contributed by atoms with Crippen LogP contribution in [0.5, 0.6) is 0 Å². The molecule has 1 heterocycles. The Morgan fingerprint density at radius 1 is 1.00 bits per heavy atom. The lowest BCUT2D eigenvalue weighted by atomic mass is 10.1. The number of amides is 1. The summed E-state index contributed by atoms with van der Waals surface area (Å²) in [5.41, 5.74) is 4.85. The molecule has 0 radical (unpaired) electrons. The van der Waals surface area contributed by atoms with Crippen molar-refractivity contribution in [3.05, 3.63) is 100 Å². The second-order valence-electron chi connectivity index (χ2n) is 7.07. The maximum absolute atomic E-state index is 12.4. The predicted octanol–water partition coefficient (Wildman–Crippen LogP) is 5.02. The van der Waals surface area contributed by atoms with Gasteiger partial charge in [-0.2, -0.15) is 0 Å². The Bertz CT molecular complexity index is 1150. The van der Waals surface area contributed by atoms with Crippen LogP contribution in [0.3, 0.4) is 0 Å². The van der Waals surface area contributed by atoms with Gasteiger partial charge in [-0.25, -0.2) is 4.98 Å². The standard InChI is InChI=1S/C24H22ClN3O/c1-17-10-12-18(13-11-17)24(29)26-15-14-23-27-21-8-4-5-9-22(21)28(23)16-19-6-2-3-7-20(19)25/h2-13H,14-16H2,1H3,(H,26,29). The average Bonchev–Trinajstić information content (AvgIpc) is 3.07. The van der Waals surface area contributed by atoms with E-state index in [-0.39, 0.29) is 5.91 Å². The van der Waals surface area contributed by atoms with Crippen LogP contribution in [0.2, 0.25) is 5.02 Å². The molecule has 0 aliphatic heterocycles. The Morgan fingerprint density at radius 3 is 2.52 bits per heavy atom. The molecule has 0 saturated heterocycles. The molecule has 1 N–H and O–H groups in total. The number of aryl methyl sites for hydroxylation is 1. The van der Waals surface area contributed by atoms with Gasteiger partial charge in [0.15, 0.2) is 0 Å². The summed E-state index contributed by atoms with van der Waals surface area (Å²) in [5.74, 6) is 0.856. The van der Waals surface area contributed by atoms with Crippen LogP contribution in [0.25, 0.3) is 11.0 Å². The second kappa shape index (κ2) is 8.50. The molecule has 0 bridgehead atoms. The summed E-state index contributed by atoms with van der Waals surface area (Å²) in [6, 6.07) is 23.5. The van der Waals surface area contributed by atoms with E-state index in [0.717, 1.165) is 33.0 Å². The molecule has 29 heavy (non-hydrogen) atoms. The van der Waals surface area contributed by atoms with Crippen molar-refractivity contribution >= 4 is 28.5 Å². The summed E-state index contributed by atoms with van der Waals surface area (Å²) in [5, 5.41) is 3.74. The summed E-state index contributed by atoms with van der Waals surface area (Å²) in [7, 11) is 0. The first-order chi connectivity index (χ1) is 14.1. The van der Waals surface area contributed by atoms with Crippen LogP contribution < -0.4 is 5.32 Å². The van der Waals surface area contributed by atoms with Gasteiger partial charge in [-0.05, 0) is 42.8 Å². The Hall–Kier alpha value is -3.11. The summed E-state index contributed by atoms with van der Waals surface area (Å²) in [6.07, 6.45) is 0.636. The van der Waals surface area contributed by atoms with E-state index in [1.807, 2.05) is 73.7 Å². The first-order valence-electron chi connectivity index (χ1n) is 9.64. The fourth-order valence-electron chi connectivity index (χ4n) is 3.38. The van der Waals surface area contributed by atoms with Crippen molar-refractivity contribution in [3.8, 4) is 0 Å². The largest absolute Gasteiger partial charge is 0.352 e. The van der Waals surface area contributed by atoms with Crippen LogP contribution in [-0.4, -0.2) is 22.0 Å². The van der Waals surface area contributed by atoms with Crippen LogP contribution in [0, 0.1) is 6.92 Å². The smallest absolute Gasteiger partial charge is 0.251 e. The van der Waals surface area contributed by atoms with Gasteiger partial charge in [0.1, 0.15) is 5.82 Å². The van der Waals surface area contributed by atoms with Crippen molar-refractivity contribution in [2.24, 2.45) is 0 Å². The minimum Gasteiger partial charge on any atom is -0.352 e. The fourth-order valence-corrected chi connectivity index (χ4v) is 3.58. The molecule has 3 aromatic carbocycles. The Kier molecular flexibility index (Phi) is 5.63. The topological polar surface area (TPSA) is 46.9 Å². The van der Waals surface area contributed by atoms with E-state index in [0.29, 0.717) is 25.1 Å². The Balaban J connectivity index is 1.53. The third-order valence-corrected chi connectivity index (χ3v) is 5.34. The first-order valence-corrected chi connectivity index (χ1v) is 10.0. The highest BCUT2D eigenvalue weighted by molar-refractivity contribution is 6.31. The Morgan fingerprint density at radius 2 is 1.72 bits per heavy atom. The third kappa shape index (κ3) is 4.33. The van der Waals surface area contributed by atoms with Gasteiger partial charge in [-0.3, -0.25) is 4.79 Å². The lowest BCUT2D eigenvalue weighted by Crippen LogP contribution is -2.26. The molecule has 0 unspecified atom stereocenters. The van der Waals surface area contributed by atoms with Crippen LogP contribution in [0.4, 0.5) is 0 Å². The zero-order valence-corrected chi connectivity index (χ0v) is 17.0. The zero-order valence-electron chi connectivity index (χ0n) is 16.2. The summed E-state index contributed by atoms with van der Waals surface area (Å²) < 4.78 is 2.18. The molecule has 0 atom stereocenters. The van der Waals surface area contributed by atoms with Crippen LogP contribution in [0.1, 0.15) is 27.3 Å². The van der Waals surface area contributed by atoms with Crippen LogP contribution in [-0.2, 0) is 13.0 Å². The molecule has 0 fully saturated rings. The lowest BCUT2D eigenvalue weighted by molar-refractivity contribution is 0.0954. The third-order valence-electron chi connectivity index (χ3n) is 4.97. The van der Waals surface area contributed by atoms with E-state index in [1.54, 1.807) is 0 Å². The second-order valence-corrected chi connectivity index (χ2v) is 7.47. The Labute approximate surface area is 175 Å². The molecule has 0 aliphatic rings. The molecule has 5 heteroatoms. The minimum atomic E-state index is -0.0706. The van der Waals surface area contributed by atoms with E-state index in [9.17, 15) is 4.79 Å². The van der Waals surface area contributed by atoms with Gasteiger partial charge in [0.05, 0.1) is 17.6 Å². The van der Waals surface area contributed by atoms with Gasteiger partial charge in [0.2, 0.25) is 0 Å². The number of carbonyl (C=O) groups excluding carboxylic acids is 1. The number of nitrogens with one attached hydrogen (secondary N) is 1. The number of hydrogen-bond donors (Lipinski definition) is 1. The van der Waals surface area contributed by atoms with E-state index in [2.05, 4.69) is 16.0 Å². The molecule has 1 aromatic heterocycles. The van der Waals surface area contributed by atoms with E-state index >= 15 is 0 Å². The summed E-state index contributed by atoms with van der Waals surface area (Å²) in [4.78, 5) is 17.2. The zero-order chi connectivity index (χ0) is 20.2. The van der Waals surface area contributed by atoms with Crippen molar-refractivity contribution in [3.63, 3.8) is 0 Å². The van der Waals surface area contributed by atoms with Crippen LogP contribution >= 0.6 is 11.6 Å². The molecule has 0 saturated carbocycles. The normalized spacial score (nSPS) is 11.0. The van der Waals surface area contributed by atoms with Gasteiger partial charge < -0.3 is 9.88 Å². The molecule has 4 nitrogen and oxygen atoms in total. The van der Waals surface area contributed by atoms with Gasteiger partial charge >= 0.3 is 0 Å². The van der Waals surface area contributed by atoms with E-state index in [4.69, 9.17) is 16.6 Å². The fraction of sp³-hybridized carbons (Fsp3) is 0.167. The number of nitrogens with zero attached hydrogens (tertiary/aromatic N) is 2. The molecule has 4 rings (SSSR count). The predicted molar refractivity (Wildman–Crippen MR) is 118 cm³/mol. The SMILES string of the molecule is Cc1ccc(C(=O)NCCc2nc3ccccc3n2Cc2ccccc2Cl)cc1. The molecular formula is C24H22ClN3O. The number of para-hydroxylation sites is 2. The average molecular weight is 404 g/mol. The monoisotopic (exact) mass is 403 g/mol. The number of rotatable bonds is 6. The highest BCUT2D eigenvalue weighted by atomic mass is 35.5. The molecular weight excluding hydrogens is 382 g/mol. The van der Waals surface area contributed by atoms with E-state index in [1.165, 1.54) is 0 Å². The maximum Gasteiger partial charge on any atom is 0.251 e. The lowest BCUT2D eigenvalue weighted by Gasteiger charge is -2.11. The molecule has 1 amide bonds. The van der Waals surface area contributed by atoms with Crippen LogP contribution in [0.15, 0.2) is 72.8 Å². The number of halogens is 1. The first kappa shape index (κ1) is 19.2. The molecule has 0 spiro atoms.